The van der Waals surface area contributed by atoms with Gasteiger partial charge in [0.15, 0.2) is 5.78 Å². The lowest BCUT2D eigenvalue weighted by atomic mass is 10.0. The number of ketones is 1. The summed E-state index contributed by atoms with van der Waals surface area (Å²) >= 11 is 0. The van der Waals surface area contributed by atoms with Gasteiger partial charge in [0.25, 0.3) is 0 Å². The largest absolute Gasteiger partial charge is 0.496 e. The van der Waals surface area contributed by atoms with E-state index in [0.29, 0.717) is 11.3 Å². The number of hydrogen-bond donors (Lipinski definition) is 1. The normalized spacial score (nSPS) is 11.8. The average molecular weight is 251 g/mol. The summed E-state index contributed by atoms with van der Waals surface area (Å²) in [6, 6.07) is 4.14. The molecule has 0 bridgehead atoms. The van der Waals surface area contributed by atoms with Gasteiger partial charge in [-0.05, 0) is 30.7 Å². The highest BCUT2D eigenvalue weighted by Gasteiger charge is 2.20. The van der Waals surface area contributed by atoms with E-state index in [1.54, 1.807) is 25.3 Å². The lowest BCUT2D eigenvalue weighted by molar-refractivity contribution is -0.140. The van der Waals surface area contributed by atoms with Gasteiger partial charge in [-0.3, -0.25) is 9.59 Å². The highest BCUT2D eigenvalue weighted by molar-refractivity contribution is 6.01. The Morgan fingerprint density at radius 1 is 1.33 bits per heavy atom. The van der Waals surface area contributed by atoms with E-state index in [1.807, 2.05) is 6.92 Å². The van der Waals surface area contributed by atoms with Crippen molar-refractivity contribution < 1.29 is 19.1 Å². The molecule has 0 aliphatic heterocycles. The number of aryl methyl sites for hydroxylation is 1. The third-order valence-electron chi connectivity index (χ3n) is 2.63. The van der Waals surface area contributed by atoms with Crippen molar-refractivity contribution in [3.8, 4) is 5.75 Å². The van der Waals surface area contributed by atoms with Crippen molar-refractivity contribution in [3.63, 3.8) is 0 Å². The summed E-state index contributed by atoms with van der Waals surface area (Å²) < 4.78 is 9.58. The summed E-state index contributed by atoms with van der Waals surface area (Å²) in [7, 11) is 2.82. The molecular weight excluding hydrogens is 234 g/mol. The molecule has 0 amide bonds. The van der Waals surface area contributed by atoms with Crippen molar-refractivity contribution in [1.29, 1.82) is 0 Å². The van der Waals surface area contributed by atoms with Gasteiger partial charge in [0.2, 0.25) is 0 Å². The molecule has 0 aromatic heterocycles. The van der Waals surface area contributed by atoms with Crippen LogP contribution in [0.15, 0.2) is 18.2 Å². The monoisotopic (exact) mass is 251 g/mol. The maximum absolute atomic E-state index is 12.0. The summed E-state index contributed by atoms with van der Waals surface area (Å²) in [5.74, 6) is -0.0830. The Kier molecular flexibility index (Phi) is 4.85. The lowest BCUT2D eigenvalue weighted by Gasteiger charge is -2.11. The van der Waals surface area contributed by atoms with Crippen LogP contribution in [0.2, 0.25) is 0 Å². The Hall–Kier alpha value is -1.88. The second kappa shape index (κ2) is 6.16. The van der Waals surface area contributed by atoms with Gasteiger partial charge in [0.1, 0.15) is 5.75 Å². The molecule has 1 aromatic rings. The molecule has 0 aliphatic carbocycles. The SMILES string of the molecule is COC(=O)CC(N)C(=O)c1ccc(OC)c(C)c1. The van der Waals surface area contributed by atoms with Crippen LogP contribution in [0, 0.1) is 6.92 Å². The number of hydrogen-bond acceptors (Lipinski definition) is 5. The molecule has 5 heteroatoms. The lowest BCUT2D eigenvalue weighted by Crippen LogP contribution is -2.33. The van der Waals surface area contributed by atoms with Crippen LogP contribution in [0.3, 0.4) is 0 Å². The quantitative estimate of drug-likeness (QED) is 0.625. The highest BCUT2D eigenvalue weighted by Crippen LogP contribution is 2.19. The van der Waals surface area contributed by atoms with E-state index < -0.39 is 12.0 Å². The molecule has 1 rings (SSSR count). The van der Waals surface area contributed by atoms with Crippen molar-refractivity contribution >= 4 is 11.8 Å². The molecule has 2 N–H and O–H groups in total. The van der Waals surface area contributed by atoms with Crippen molar-refractivity contribution in [3.05, 3.63) is 29.3 Å². The first-order chi connectivity index (χ1) is 8.49. The molecule has 98 valence electrons. The van der Waals surface area contributed by atoms with Gasteiger partial charge in [0, 0.05) is 5.56 Å². The van der Waals surface area contributed by atoms with Crippen LogP contribution in [0.4, 0.5) is 0 Å². The Morgan fingerprint density at radius 3 is 2.50 bits per heavy atom. The van der Waals surface area contributed by atoms with Crippen LogP contribution in [0.25, 0.3) is 0 Å². The minimum atomic E-state index is -0.884. The molecule has 18 heavy (non-hydrogen) atoms. The van der Waals surface area contributed by atoms with Gasteiger partial charge in [-0.25, -0.2) is 0 Å². The number of esters is 1. The van der Waals surface area contributed by atoms with Crippen molar-refractivity contribution in [1.82, 2.24) is 0 Å². The summed E-state index contributed by atoms with van der Waals surface area (Å²) in [5, 5.41) is 0. The minimum absolute atomic E-state index is 0.125. The van der Waals surface area contributed by atoms with Gasteiger partial charge in [-0.1, -0.05) is 0 Å². The molecule has 5 nitrogen and oxygen atoms in total. The fourth-order valence-corrected chi connectivity index (χ4v) is 1.60. The zero-order valence-corrected chi connectivity index (χ0v) is 10.7. The second-order valence-electron chi connectivity index (χ2n) is 3.94. The van der Waals surface area contributed by atoms with Crippen LogP contribution in [0.5, 0.6) is 5.75 Å². The first kappa shape index (κ1) is 14.2. The van der Waals surface area contributed by atoms with Gasteiger partial charge < -0.3 is 15.2 Å². The zero-order chi connectivity index (χ0) is 13.7. The standard InChI is InChI=1S/C13H17NO4/c1-8-6-9(4-5-11(8)17-2)13(16)10(14)7-12(15)18-3/h4-6,10H,7,14H2,1-3H3. The third-order valence-corrected chi connectivity index (χ3v) is 2.63. The summed E-state index contributed by atoms with van der Waals surface area (Å²) in [6.45, 7) is 1.83. The van der Waals surface area contributed by atoms with E-state index in [2.05, 4.69) is 4.74 Å². The molecule has 1 atom stereocenters. The molecule has 1 unspecified atom stereocenters. The maximum Gasteiger partial charge on any atom is 0.307 e. The number of benzene rings is 1. The van der Waals surface area contributed by atoms with E-state index in [9.17, 15) is 9.59 Å². The van der Waals surface area contributed by atoms with Crippen molar-refractivity contribution in [2.24, 2.45) is 5.73 Å². The molecule has 0 saturated heterocycles. The Morgan fingerprint density at radius 2 is 2.00 bits per heavy atom. The smallest absolute Gasteiger partial charge is 0.307 e. The van der Waals surface area contributed by atoms with Crippen LogP contribution >= 0.6 is 0 Å². The fraction of sp³-hybridized carbons (Fsp3) is 0.385. The van der Waals surface area contributed by atoms with Gasteiger partial charge in [-0.15, -0.1) is 0 Å². The molecular formula is C13H17NO4. The number of nitrogens with two attached hydrogens (primary N) is 1. The van der Waals surface area contributed by atoms with Crippen LogP contribution in [-0.2, 0) is 9.53 Å². The van der Waals surface area contributed by atoms with Gasteiger partial charge in [-0.2, -0.15) is 0 Å². The number of carbonyl (C=O) groups excluding carboxylic acids is 2. The summed E-state index contributed by atoms with van der Waals surface area (Å²) in [4.78, 5) is 23.0. The molecule has 0 saturated carbocycles. The van der Waals surface area contributed by atoms with Gasteiger partial charge >= 0.3 is 5.97 Å². The highest BCUT2D eigenvalue weighted by atomic mass is 16.5. The number of rotatable bonds is 5. The molecule has 0 radical (unpaired) electrons. The molecule has 1 aromatic carbocycles. The van der Waals surface area contributed by atoms with E-state index in [-0.39, 0.29) is 12.2 Å². The summed E-state index contributed by atoms with van der Waals surface area (Å²) in [6.07, 6.45) is -0.125. The van der Waals surface area contributed by atoms with E-state index in [0.717, 1.165) is 5.56 Å². The Bertz CT molecular complexity index is 456. The second-order valence-corrected chi connectivity index (χ2v) is 3.94. The van der Waals surface area contributed by atoms with E-state index >= 15 is 0 Å². The Balaban J connectivity index is 2.84. The number of methoxy groups -OCH3 is 2. The van der Waals surface area contributed by atoms with Crippen molar-refractivity contribution in [2.75, 3.05) is 14.2 Å². The van der Waals surface area contributed by atoms with E-state index in [1.165, 1.54) is 7.11 Å². The first-order valence-electron chi connectivity index (χ1n) is 5.50. The molecule has 0 aliphatic rings. The minimum Gasteiger partial charge on any atom is -0.496 e. The van der Waals surface area contributed by atoms with E-state index in [4.69, 9.17) is 10.5 Å². The van der Waals surface area contributed by atoms with Crippen LogP contribution in [-0.4, -0.2) is 32.0 Å². The first-order valence-corrected chi connectivity index (χ1v) is 5.50. The summed E-state index contributed by atoms with van der Waals surface area (Å²) in [5.41, 5.74) is 6.97. The topological polar surface area (TPSA) is 78.6 Å². The number of ether oxygens (including phenoxy) is 2. The molecule has 0 spiro atoms. The van der Waals surface area contributed by atoms with Gasteiger partial charge in [0.05, 0.1) is 26.7 Å². The van der Waals surface area contributed by atoms with Crippen LogP contribution < -0.4 is 10.5 Å². The van der Waals surface area contributed by atoms with Crippen molar-refractivity contribution in [2.45, 2.75) is 19.4 Å². The Labute approximate surface area is 106 Å². The predicted octanol–water partition coefficient (Wildman–Crippen LogP) is 1.08. The molecule has 0 fully saturated rings. The number of carbonyl (C=O) groups is 2. The predicted molar refractivity (Wildman–Crippen MR) is 66.7 cm³/mol. The fourth-order valence-electron chi connectivity index (χ4n) is 1.60. The van der Waals surface area contributed by atoms with Crippen LogP contribution in [0.1, 0.15) is 22.3 Å². The third kappa shape index (κ3) is 3.30. The number of Topliss-reactive ketones (excluding diaryl/α,β-unsaturated/α-hetero) is 1. The average Bonchev–Trinajstić information content (AvgIpc) is 2.37. The molecule has 0 heterocycles. The zero-order valence-electron chi connectivity index (χ0n) is 10.7. The maximum atomic E-state index is 12.0.